The molecular weight excluding hydrogens is 241 g/mol. The molecule has 0 unspecified atom stereocenters. The van der Waals surface area contributed by atoms with Crippen molar-refractivity contribution in [2.45, 2.75) is 0 Å². The lowest BCUT2D eigenvalue weighted by molar-refractivity contribution is 0.644. The number of aromatic nitrogens is 1. The largest absolute Gasteiger partial charge is 0.265 e. The van der Waals surface area contributed by atoms with E-state index in [1.807, 2.05) is 0 Å². The first kappa shape index (κ1) is 15.1. The van der Waals surface area contributed by atoms with E-state index in [4.69, 9.17) is 54.9 Å². The fourth-order valence-corrected chi connectivity index (χ4v) is 1.76. The van der Waals surface area contributed by atoms with Crippen LogP contribution in [0.25, 0.3) is 11.3 Å². The van der Waals surface area contributed by atoms with Crippen molar-refractivity contribution < 1.29 is 4.39 Å². The molecule has 1 aromatic heterocycles. The summed E-state index contributed by atoms with van der Waals surface area (Å²) in [7, 11) is 39.5. The van der Waals surface area contributed by atoms with Gasteiger partial charge in [0.15, 0.2) is 0 Å². The highest BCUT2D eigenvalue weighted by atomic mass is 19.1. The van der Waals surface area contributed by atoms with E-state index in [1.165, 1.54) is 6.07 Å². The maximum atomic E-state index is 13.9. The Morgan fingerprint density at radius 1 is 0.750 bits per heavy atom. The Kier molecular flexibility index (Phi) is 3.99. The molecule has 1 heterocycles. The molecule has 0 aliphatic carbocycles. The molecule has 0 fully saturated rings. The first-order chi connectivity index (χ1) is 9.25. The average molecular weight is 242 g/mol. The van der Waals surface area contributed by atoms with Gasteiger partial charge in [-0.3, -0.25) is 4.98 Å². The van der Waals surface area contributed by atoms with Crippen LogP contribution in [0.1, 0.15) is 0 Å². The van der Waals surface area contributed by atoms with E-state index < -0.39 is 5.82 Å². The maximum Gasteiger partial charge on any atom is 0.141 e. The Labute approximate surface area is 126 Å². The summed E-state index contributed by atoms with van der Waals surface area (Å²) >= 11 is 0. The van der Waals surface area contributed by atoms with Crippen molar-refractivity contribution in [3.63, 3.8) is 0 Å². The molecule has 0 bridgehead atoms. The number of benzene rings is 1. The number of nitrogens with zero attached hydrogens (tertiary/aromatic N) is 1. The molecule has 2 aromatic rings. The highest BCUT2D eigenvalue weighted by molar-refractivity contribution is 6.63. The summed E-state index contributed by atoms with van der Waals surface area (Å²) in [5.41, 5.74) is -0.149. The first-order valence-electron chi connectivity index (χ1n) is 5.48. The Bertz CT molecular complexity index is 655. The van der Waals surface area contributed by atoms with Crippen LogP contribution in [0.15, 0.2) is 6.07 Å². The van der Waals surface area contributed by atoms with Gasteiger partial charge in [0.1, 0.15) is 60.7 Å². The van der Waals surface area contributed by atoms with Gasteiger partial charge in [-0.05, 0) is 16.6 Å². The summed E-state index contributed by atoms with van der Waals surface area (Å²) in [6, 6.07) is 1.40. The van der Waals surface area contributed by atoms with Crippen LogP contribution in [0.2, 0.25) is 0 Å². The van der Waals surface area contributed by atoms with Gasteiger partial charge in [0.05, 0.1) is 5.69 Å². The molecule has 0 saturated heterocycles. The number of pyridine rings is 1. The molecule has 0 amide bonds. The topological polar surface area (TPSA) is 12.9 Å². The van der Waals surface area contributed by atoms with Crippen LogP contribution in [0.5, 0.6) is 0 Å². The number of hydrogen-bond donors (Lipinski definition) is 0. The summed E-state index contributed by atoms with van der Waals surface area (Å²) in [6.45, 7) is 0. The zero-order valence-corrected chi connectivity index (χ0v) is 10.4. The van der Waals surface area contributed by atoms with Crippen LogP contribution in [0.3, 0.4) is 0 Å². The predicted molar refractivity (Wildman–Crippen MR) is 87.3 cm³/mol. The Morgan fingerprint density at radius 2 is 1.35 bits per heavy atom. The van der Waals surface area contributed by atoms with E-state index in [0.29, 0.717) is 0 Å². The summed E-state index contributed by atoms with van der Waals surface area (Å²) in [5, 5.41) is 0. The third kappa shape index (κ3) is 2.27. The third-order valence-electron chi connectivity index (χ3n) is 2.97. The van der Waals surface area contributed by atoms with Gasteiger partial charge in [0.25, 0.3) is 0 Å². The second-order valence-electron chi connectivity index (χ2n) is 4.24. The third-order valence-corrected chi connectivity index (χ3v) is 2.97. The van der Waals surface area contributed by atoms with E-state index in [2.05, 4.69) is 4.98 Å². The van der Waals surface area contributed by atoms with Gasteiger partial charge in [-0.25, -0.2) is 4.39 Å². The van der Waals surface area contributed by atoms with E-state index in [0.717, 1.165) is 0 Å². The Morgan fingerprint density at radius 3 is 1.95 bits per heavy atom. The van der Waals surface area contributed by atoms with Crippen LogP contribution in [-0.2, 0) is 0 Å². The van der Waals surface area contributed by atoms with Crippen molar-refractivity contribution in [1.82, 2.24) is 4.98 Å². The molecule has 0 saturated carbocycles. The molecule has 78 valence electrons. The van der Waals surface area contributed by atoms with Gasteiger partial charge in [0, 0.05) is 0 Å². The fourth-order valence-electron chi connectivity index (χ4n) is 1.76. The van der Waals surface area contributed by atoms with E-state index >= 15 is 0 Å². The first-order valence-corrected chi connectivity index (χ1v) is 5.48. The monoisotopic (exact) mass is 243 g/mol. The zero-order chi connectivity index (χ0) is 15.2. The van der Waals surface area contributed by atoms with Gasteiger partial charge >= 0.3 is 0 Å². The van der Waals surface area contributed by atoms with Crippen LogP contribution in [0.4, 0.5) is 4.39 Å². The molecule has 9 heteroatoms. The molecule has 0 aliphatic heterocycles. The smallest absolute Gasteiger partial charge is 0.141 e. The minimum atomic E-state index is -0.874. The van der Waals surface area contributed by atoms with E-state index in [-0.39, 0.29) is 49.6 Å². The normalized spacial score (nSPS) is 10.7. The van der Waals surface area contributed by atoms with Crippen LogP contribution >= 0.6 is 0 Å². The zero-order valence-electron chi connectivity index (χ0n) is 10.4. The highest BCUT2D eigenvalue weighted by Gasteiger charge is 2.15. The summed E-state index contributed by atoms with van der Waals surface area (Å²) in [5.74, 6) is -0.874. The minimum absolute atomic E-state index is 0.00472. The Balaban J connectivity index is 2.83. The standard InChI is InChI=1S/C11HB7FN/c12-3-1-2(4(13)6(15)5(3)14)10-7(16)9(19)8(17)11(18)20-10/h1H. The lowest BCUT2D eigenvalue weighted by Gasteiger charge is -2.19. The van der Waals surface area contributed by atoms with Crippen molar-refractivity contribution in [2.75, 3.05) is 0 Å². The molecule has 2 rings (SSSR count). The maximum absolute atomic E-state index is 13.9. The lowest BCUT2D eigenvalue weighted by atomic mass is 9.64. The molecule has 0 atom stereocenters. The van der Waals surface area contributed by atoms with Gasteiger partial charge in [-0.15, -0.1) is 16.4 Å². The van der Waals surface area contributed by atoms with Gasteiger partial charge < -0.3 is 0 Å². The van der Waals surface area contributed by atoms with Crippen molar-refractivity contribution >= 4 is 93.3 Å². The lowest BCUT2D eigenvalue weighted by Crippen LogP contribution is -2.49. The highest BCUT2D eigenvalue weighted by Crippen LogP contribution is 2.08. The SMILES string of the molecule is [B]c1cc(-c2nc([B])c([B])c(F)c2[B])c([B])c([B])c1[B]. The summed E-state index contributed by atoms with van der Waals surface area (Å²) < 4.78 is 13.9. The number of rotatable bonds is 1. The predicted octanol–water partition coefficient (Wildman–Crippen LogP) is -5.56. The second kappa shape index (κ2) is 5.27. The van der Waals surface area contributed by atoms with Gasteiger partial charge in [-0.2, -0.15) is 0 Å². The molecule has 14 radical (unpaired) electrons. The minimum Gasteiger partial charge on any atom is -0.265 e. The van der Waals surface area contributed by atoms with Crippen molar-refractivity contribution in [3.05, 3.63) is 11.9 Å². The molecule has 1 aromatic carbocycles. The molecule has 0 N–H and O–H groups in total. The molecular formula is C11HB7FN. The Hall–Kier alpha value is -1.25. The summed E-state index contributed by atoms with van der Waals surface area (Å²) in [6.07, 6.45) is 0. The molecule has 0 aliphatic rings. The van der Waals surface area contributed by atoms with Gasteiger partial charge in [0.2, 0.25) is 0 Å². The number of hydrogen-bond acceptors (Lipinski definition) is 1. The van der Waals surface area contributed by atoms with E-state index in [9.17, 15) is 4.39 Å². The molecule has 0 spiro atoms. The van der Waals surface area contributed by atoms with Crippen LogP contribution < -0.4 is 38.4 Å². The fraction of sp³-hybridized carbons (Fsp3) is 0. The van der Waals surface area contributed by atoms with E-state index in [1.54, 1.807) is 0 Å². The van der Waals surface area contributed by atoms with Crippen molar-refractivity contribution in [3.8, 4) is 11.3 Å². The number of halogens is 1. The van der Waals surface area contributed by atoms with Crippen LogP contribution in [-0.4, -0.2) is 59.9 Å². The van der Waals surface area contributed by atoms with Crippen molar-refractivity contribution in [2.24, 2.45) is 0 Å². The van der Waals surface area contributed by atoms with Crippen molar-refractivity contribution in [1.29, 1.82) is 0 Å². The van der Waals surface area contributed by atoms with Gasteiger partial charge in [-0.1, -0.05) is 17.0 Å². The summed E-state index contributed by atoms with van der Waals surface area (Å²) in [4.78, 5) is 3.93. The molecule has 1 nitrogen and oxygen atoms in total. The van der Waals surface area contributed by atoms with Crippen LogP contribution in [0, 0.1) is 5.82 Å². The average Bonchev–Trinajstić information content (AvgIpc) is 2.42. The molecule has 20 heavy (non-hydrogen) atoms. The quantitative estimate of drug-likeness (QED) is 0.454. The second-order valence-corrected chi connectivity index (χ2v) is 4.24.